The van der Waals surface area contributed by atoms with Gasteiger partial charge in [0, 0.05) is 0 Å². The lowest BCUT2D eigenvalue weighted by Crippen LogP contribution is -1.99. The summed E-state index contributed by atoms with van der Waals surface area (Å²) in [5, 5.41) is 8.64. The summed E-state index contributed by atoms with van der Waals surface area (Å²) in [4.78, 5) is 3.71. The Morgan fingerprint density at radius 3 is 2.94 bits per heavy atom. The van der Waals surface area contributed by atoms with Crippen LogP contribution in [0.15, 0.2) is 12.1 Å². The summed E-state index contributed by atoms with van der Waals surface area (Å²) in [6.45, 7) is 0.0608. The first kappa shape index (κ1) is 12.0. The van der Waals surface area contributed by atoms with Crippen LogP contribution in [0.25, 0.3) is 0 Å². The van der Waals surface area contributed by atoms with Crippen LogP contribution in [0.5, 0.6) is 11.1 Å². The minimum absolute atomic E-state index is 0.0608. The largest absolute Gasteiger partial charge is 0.472 e. The second-order valence-corrected chi connectivity index (χ2v) is 4.29. The van der Waals surface area contributed by atoms with Crippen LogP contribution in [0, 0.1) is 5.82 Å². The van der Waals surface area contributed by atoms with E-state index in [1.165, 1.54) is 30.6 Å². The maximum Gasteiger partial charge on any atom is 0.293 e. The lowest BCUT2D eigenvalue weighted by molar-refractivity contribution is 0.276. The molecule has 0 aliphatic heterocycles. The van der Waals surface area contributed by atoms with E-state index in [2.05, 4.69) is 15.2 Å². The Labute approximate surface area is 105 Å². The van der Waals surface area contributed by atoms with Crippen molar-refractivity contribution in [2.45, 2.75) is 6.61 Å². The van der Waals surface area contributed by atoms with Gasteiger partial charge in [0.1, 0.15) is 11.8 Å². The molecule has 90 valence electrons. The standard InChI is InChI=1S/C9H7ClFN3O2S/c1-15-9-14-13-7(17-9)4-16-8-5(11)2-3-6(10)12-8/h2-3H,4H2,1H3. The number of nitrogens with zero attached hydrogens (tertiary/aromatic N) is 3. The lowest BCUT2D eigenvalue weighted by Gasteiger charge is -2.03. The van der Waals surface area contributed by atoms with Crippen LogP contribution in [0.4, 0.5) is 4.39 Å². The molecule has 17 heavy (non-hydrogen) atoms. The van der Waals surface area contributed by atoms with Crippen LogP contribution in [0.2, 0.25) is 5.15 Å². The van der Waals surface area contributed by atoms with E-state index in [9.17, 15) is 4.39 Å². The highest BCUT2D eigenvalue weighted by Gasteiger charge is 2.09. The SMILES string of the molecule is COc1nnc(COc2nc(Cl)ccc2F)s1. The van der Waals surface area contributed by atoms with Crippen molar-refractivity contribution in [3.63, 3.8) is 0 Å². The average Bonchev–Trinajstić information content (AvgIpc) is 2.78. The van der Waals surface area contributed by atoms with E-state index in [1.807, 2.05) is 0 Å². The van der Waals surface area contributed by atoms with Crippen LogP contribution in [-0.4, -0.2) is 22.3 Å². The van der Waals surface area contributed by atoms with Gasteiger partial charge in [0.15, 0.2) is 10.8 Å². The van der Waals surface area contributed by atoms with E-state index in [0.29, 0.717) is 10.2 Å². The maximum absolute atomic E-state index is 13.2. The molecule has 0 N–H and O–H groups in total. The van der Waals surface area contributed by atoms with Gasteiger partial charge < -0.3 is 9.47 Å². The van der Waals surface area contributed by atoms with Crippen LogP contribution >= 0.6 is 22.9 Å². The van der Waals surface area contributed by atoms with Crippen molar-refractivity contribution in [2.24, 2.45) is 0 Å². The maximum atomic E-state index is 13.2. The molecule has 0 amide bonds. The molecule has 8 heteroatoms. The van der Waals surface area contributed by atoms with Crippen molar-refractivity contribution in [3.05, 3.63) is 28.1 Å². The molecule has 2 heterocycles. The van der Waals surface area contributed by atoms with Crippen molar-refractivity contribution in [1.29, 1.82) is 0 Å². The summed E-state index contributed by atoms with van der Waals surface area (Å²) in [7, 11) is 1.49. The van der Waals surface area contributed by atoms with Gasteiger partial charge in [-0.3, -0.25) is 0 Å². The molecule has 0 atom stereocenters. The van der Waals surface area contributed by atoms with Gasteiger partial charge in [-0.05, 0) is 12.1 Å². The summed E-state index contributed by atoms with van der Waals surface area (Å²) in [5.74, 6) is -0.738. The molecule has 0 fully saturated rings. The van der Waals surface area contributed by atoms with E-state index < -0.39 is 5.82 Å². The molecule has 0 aliphatic carbocycles. The number of pyridine rings is 1. The Hall–Kier alpha value is -1.47. The first-order chi connectivity index (χ1) is 8.19. The number of rotatable bonds is 4. The van der Waals surface area contributed by atoms with Crippen LogP contribution in [0.3, 0.4) is 0 Å². The normalized spacial score (nSPS) is 10.3. The third-order valence-electron chi connectivity index (χ3n) is 1.74. The minimum atomic E-state index is -0.578. The Morgan fingerprint density at radius 2 is 2.24 bits per heavy atom. The van der Waals surface area contributed by atoms with Gasteiger partial charge in [0.25, 0.3) is 11.1 Å². The van der Waals surface area contributed by atoms with Crippen molar-refractivity contribution < 1.29 is 13.9 Å². The van der Waals surface area contributed by atoms with Crippen molar-refractivity contribution >= 4 is 22.9 Å². The molecule has 2 rings (SSSR count). The topological polar surface area (TPSA) is 57.1 Å². The van der Waals surface area contributed by atoms with E-state index >= 15 is 0 Å². The first-order valence-corrected chi connectivity index (χ1v) is 5.69. The number of methoxy groups -OCH3 is 1. The quantitative estimate of drug-likeness (QED) is 0.802. The zero-order valence-electron chi connectivity index (χ0n) is 8.68. The van der Waals surface area contributed by atoms with E-state index in [-0.39, 0.29) is 17.6 Å². The Morgan fingerprint density at radius 1 is 1.41 bits per heavy atom. The minimum Gasteiger partial charge on any atom is -0.472 e. The third kappa shape index (κ3) is 3.01. The molecule has 2 aromatic rings. The predicted octanol–water partition coefficient (Wildman–Crippen LogP) is 2.31. The highest BCUT2D eigenvalue weighted by molar-refractivity contribution is 7.13. The summed E-state index contributed by atoms with van der Waals surface area (Å²) < 4.78 is 23.3. The van der Waals surface area contributed by atoms with Gasteiger partial charge in [0.05, 0.1) is 7.11 Å². The third-order valence-corrected chi connectivity index (χ3v) is 2.80. The molecule has 0 spiro atoms. The number of aromatic nitrogens is 3. The summed E-state index contributed by atoms with van der Waals surface area (Å²) in [6.07, 6.45) is 0. The molecule has 0 saturated heterocycles. The zero-order valence-corrected chi connectivity index (χ0v) is 10.3. The Kier molecular flexibility index (Phi) is 3.70. The summed E-state index contributed by atoms with van der Waals surface area (Å²) in [6, 6.07) is 2.53. The molecule has 2 aromatic heterocycles. The lowest BCUT2D eigenvalue weighted by atomic mass is 10.5. The summed E-state index contributed by atoms with van der Waals surface area (Å²) in [5.41, 5.74) is 0. The molecule has 0 aliphatic rings. The molecule has 0 unspecified atom stereocenters. The number of ether oxygens (including phenoxy) is 2. The van der Waals surface area contributed by atoms with Crippen molar-refractivity contribution in [3.8, 4) is 11.1 Å². The number of hydrogen-bond acceptors (Lipinski definition) is 6. The second kappa shape index (κ2) is 5.24. The fourth-order valence-electron chi connectivity index (χ4n) is 1.01. The smallest absolute Gasteiger partial charge is 0.293 e. The molecular weight excluding hydrogens is 269 g/mol. The van der Waals surface area contributed by atoms with Crippen molar-refractivity contribution in [2.75, 3.05) is 7.11 Å². The molecule has 0 radical (unpaired) electrons. The van der Waals surface area contributed by atoms with E-state index in [4.69, 9.17) is 21.1 Å². The fourth-order valence-corrected chi connectivity index (χ4v) is 1.72. The van der Waals surface area contributed by atoms with Gasteiger partial charge in [-0.25, -0.2) is 4.39 Å². The zero-order chi connectivity index (χ0) is 12.3. The molecular formula is C9H7ClFN3O2S. The molecule has 0 bridgehead atoms. The number of hydrogen-bond donors (Lipinski definition) is 0. The highest BCUT2D eigenvalue weighted by Crippen LogP contribution is 2.21. The van der Waals surface area contributed by atoms with Crippen LogP contribution in [0.1, 0.15) is 5.01 Å². The predicted molar refractivity (Wildman–Crippen MR) is 60.0 cm³/mol. The fraction of sp³-hybridized carbons (Fsp3) is 0.222. The monoisotopic (exact) mass is 275 g/mol. The number of halogens is 2. The molecule has 0 aromatic carbocycles. The van der Waals surface area contributed by atoms with Gasteiger partial charge in [-0.2, -0.15) is 4.98 Å². The Bertz CT molecular complexity index is 523. The van der Waals surface area contributed by atoms with Gasteiger partial charge >= 0.3 is 0 Å². The Balaban J connectivity index is 2.04. The average molecular weight is 276 g/mol. The van der Waals surface area contributed by atoms with E-state index in [0.717, 1.165) is 0 Å². The van der Waals surface area contributed by atoms with Gasteiger partial charge in [0.2, 0.25) is 0 Å². The van der Waals surface area contributed by atoms with Crippen LogP contribution < -0.4 is 9.47 Å². The molecule has 0 saturated carbocycles. The molecule has 5 nitrogen and oxygen atoms in total. The van der Waals surface area contributed by atoms with Gasteiger partial charge in [-0.15, -0.1) is 5.10 Å². The van der Waals surface area contributed by atoms with Crippen LogP contribution in [-0.2, 0) is 6.61 Å². The first-order valence-electron chi connectivity index (χ1n) is 4.50. The summed E-state index contributed by atoms with van der Waals surface area (Å²) >= 11 is 6.83. The van der Waals surface area contributed by atoms with Gasteiger partial charge in [-0.1, -0.05) is 28.0 Å². The second-order valence-electron chi connectivity index (χ2n) is 2.88. The van der Waals surface area contributed by atoms with E-state index in [1.54, 1.807) is 0 Å². The van der Waals surface area contributed by atoms with Crippen molar-refractivity contribution in [1.82, 2.24) is 15.2 Å². The highest BCUT2D eigenvalue weighted by atomic mass is 35.5.